The first kappa shape index (κ1) is 17.1. The second-order valence-electron chi connectivity index (χ2n) is 8.78. The van der Waals surface area contributed by atoms with Crippen LogP contribution in [0.4, 0.5) is 0 Å². The zero-order chi connectivity index (χ0) is 20.6. The predicted octanol–water partition coefficient (Wildman–Crippen LogP) is 7.75. The van der Waals surface area contributed by atoms with Gasteiger partial charge in [-0.3, -0.25) is 0 Å². The molecule has 0 nitrogen and oxygen atoms in total. The molecule has 0 fully saturated rings. The number of fused-ring (bicyclic) bond motifs is 11. The van der Waals surface area contributed by atoms with E-state index in [0.29, 0.717) is 0 Å². The van der Waals surface area contributed by atoms with Crippen LogP contribution in [-0.4, -0.2) is 0 Å². The quantitative estimate of drug-likeness (QED) is 0.267. The Kier molecular flexibility index (Phi) is 3.28. The molecule has 1 spiro atoms. The highest BCUT2D eigenvalue weighted by molar-refractivity contribution is 6.00. The molecule has 0 bridgehead atoms. The Labute approximate surface area is 182 Å². The minimum atomic E-state index is -0.242. The highest BCUT2D eigenvalue weighted by Gasteiger charge is 2.52. The minimum Gasteiger partial charge on any atom is -0.0619 e. The van der Waals surface area contributed by atoms with Crippen LogP contribution in [0.1, 0.15) is 34.7 Å². The Hall–Kier alpha value is -3.64. The standard InChI is InChI=1S/C31H22/c1-2-20-12-9-15-25-23-13-5-7-16-27(23)31(30(20)25)28-17-8-6-14-24(28)26-18-21-10-3-4-11-22(21)19-29(26)31/h3-19H,2H2,1H3. The third-order valence-electron chi connectivity index (χ3n) is 7.44. The van der Waals surface area contributed by atoms with Crippen molar-refractivity contribution in [1.82, 2.24) is 0 Å². The van der Waals surface area contributed by atoms with E-state index >= 15 is 0 Å². The summed E-state index contributed by atoms with van der Waals surface area (Å²) in [5.74, 6) is 0. The van der Waals surface area contributed by atoms with Gasteiger partial charge in [0.15, 0.2) is 0 Å². The van der Waals surface area contributed by atoms with Crippen LogP contribution in [0.25, 0.3) is 33.0 Å². The van der Waals surface area contributed by atoms with Gasteiger partial charge in [-0.15, -0.1) is 0 Å². The fourth-order valence-electron chi connectivity index (χ4n) is 6.26. The summed E-state index contributed by atoms with van der Waals surface area (Å²) in [6, 6.07) is 38.7. The Bertz CT molecular complexity index is 1520. The first-order chi connectivity index (χ1) is 15.3. The number of benzene rings is 5. The van der Waals surface area contributed by atoms with E-state index in [1.54, 1.807) is 0 Å². The summed E-state index contributed by atoms with van der Waals surface area (Å²) >= 11 is 0. The fraction of sp³-hybridized carbons (Fsp3) is 0.0968. The van der Waals surface area contributed by atoms with Gasteiger partial charge in [-0.25, -0.2) is 0 Å². The molecule has 146 valence electrons. The molecule has 5 aromatic carbocycles. The summed E-state index contributed by atoms with van der Waals surface area (Å²) in [5, 5.41) is 2.62. The van der Waals surface area contributed by atoms with Crippen LogP contribution >= 0.6 is 0 Å². The molecule has 0 aliphatic heterocycles. The largest absolute Gasteiger partial charge is 0.0728 e. The summed E-state index contributed by atoms with van der Waals surface area (Å²) in [6.45, 7) is 2.29. The molecule has 0 saturated carbocycles. The van der Waals surface area contributed by atoms with Crippen LogP contribution in [0, 0.1) is 0 Å². The maximum atomic E-state index is 2.46. The van der Waals surface area contributed by atoms with Gasteiger partial charge < -0.3 is 0 Å². The van der Waals surface area contributed by atoms with Crippen LogP contribution in [0.2, 0.25) is 0 Å². The van der Waals surface area contributed by atoms with Crippen molar-refractivity contribution >= 4 is 10.8 Å². The Morgan fingerprint density at radius 3 is 1.81 bits per heavy atom. The van der Waals surface area contributed by atoms with E-state index in [2.05, 4.69) is 110 Å². The lowest BCUT2D eigenvalue weighted by molar-refractivity contribution is 0.780. The average molecular weight is 395 g/mol. The lowest BCUT2D eigenvalue weighted by Crippen LogP contribution is -2.27. The van der Waals surface area contributed by atoms with Gasteiger partial charge in [-0.1, -0.05) is 97.9 Å². The second-order valence-corrected chi connectivity index (χ2v) is 8.78. The molecule has 5 aromatic rings. The van der Waals surface area contributed by atoms with Crippen LogP contribution in [0.3, 0.4) is 0 Å². The van der Waals surface area contributed by atoms with E-state index in [0.717, 1.165) is 6.42 Å². The van der Waals surface area contributed by atoms with Crippen LogP contribution in [0.5, 0.6) is 0 Å². The molecule has 1 unspecified atom stereocenters. The van der Waals surface area contributed by atoms with Crippen LogP contribution in [-0.2, 0) is 11.8 Å². The minimum absolute atomic E-state index is 0.242. The molecule has 1 atom stereocenters. The molecule has 0 aromatic heterocycles. The number of hydrogen-bond acceptors (Lipinski definition) is 0. The molecule has 0 heterocycles. The normalized spacial score (nSPS) is 17.5. The fourth-order valence-corrected chi connectivity index (χ4v) is 6.26. The summed E-state index contributed by atoms with van der Waals surface area (Å²) in [5.41, 5.74) is 12.5. The van der Waals surface area contributed by atoms with Gasteiger partial charge in [-0.2, -0.15) is 0 Å². The monoisotopic (exact) mass is 394 g/mol. The van der Waals surface area contributed by atoms with Gasteiger partial charge in [-0.05, 0) is 79.4 Å². The van der Waals surface area contributed by atoms with E-state index in [1.165, 1.54) is 60.8 Å². The summed E-state index contributed by atoms with van der Waals surface area (Å²) in [7, 11) is 0. The van der Waals surface area contributed by atoms with Gasteiger partial charge in [0.2, 0.25) is 0 Å². The molecule has 0 saturated heterocycles. The average Bonchev–Trinajstić information content (AvgIpc) is 3.29. The Morgan fingerprint density at radius 2 is 1.10 bits per heavy atom. The number of aryl methyl sites for hydroxylation is 1. The molecular weight excluding hydrogens is 372 g/mol. The van der Waals surface area contributed by atoms with Crippen molar-refractivity contribution in [2.24, 2.45) is 0 Å². The second kappa shape index (κ2) is 5.95. The molecule has 0 amide bonds. The highest BCUT2D eigenvalue weighted by Crippen LogP contribution is 2.63. The van der Waals surface area contributed by atoms with Crippen molar-refractivity contribution in [1.29, 1.82) is 0 Å². The van der Waals surface area contributed by atoms with E-state index < -0.39 is 0 Å². The molecule has 2 aliphatic carbocycles. The molecule has 7 rings (SSSR count). The predicted molar refractivity (Wildman–Crippen MR) is 130 cm³/mol. The Balaban J connectivity index is 1.75. The summed E-state index contributed by atoms with van der Waals surface area (Å²) in [4.78, 5) is 0. The molecule has 31 heavy (non-hydrogen) atoms. The van der Waals surface area contributed by atoms with Crippen LogP contribution in [0.15, 0.2) is 103 Å². The summed E-state index contributed by atoms with van der Waals surface area (Å²) < 4.78 is 0. The van der Waals surface area contributed by atoms with Gasteiger partial charge >= 0.3 is 0 Å². The van der Waals surface area contributed by atoms with Gasteiger partial charge in [0.05, 0.1) is 5.41 Å². The SMILES string of the molecule is CCc1cccc2c1C1(c3ccccc3-c3cc4ccccc4cc31)c1ccccc1-2. The van der Waals surface area contributed by atoms with Crippen molar-refractivity contribution < 1.29 is 0 Å². The molecule has 2 aliphatic rings. The Morgan fingerprint density at radius 1 is 0.516 bits per heavy atom. The maximum absolute atomic E-state index is 2.46. The molecule has 0 heteroatoms. The lowest BCUT2D eigenvalue weighted by atomic mass is 9.69. The third-order valence-corrected chi connectivity index (χ3v) is 7.44. The topological polar surface area (TPSA) is 0 Å². The van der Waals surface area contributed by atoms with Crippen molar-refractivity contribution in [3.05, 3.63) is 131 Å². The van der Waals surface area contributed by atoms with Crippen molar-refractivity contribution in [2.45, 2.75) is 18.8 Å². The van der Waals surface area contributed by atoms with Gasteiger partial charge in [0.25, 0.3) is 0 Å². The first-order valence-corrected chi connectivity index (χ1v) is 11.2. The lowest BCUT2D eigenvalue weighted by Gasteiger charge is -2.32. The third kappa shape index (κ3) is 1.96. The number of hydrogen-bond donors (Lipinski definition) is 0. The van der Waals surface area contributed by atoms with Gasteiger partial charge in [0, 0.05) is 0 Å². The van der Waals surface area contributed by atoms with Crippen molar-refractivity contribution in [2.75, 3.05) is 0 Å². The molecule has 0 radical (unpaired) electrons. The molecule has 0 N–H and O–H groups in total. The van der Waals surface area contributed by atoms with Crippen molar-refractivity contribution in [3.63, 3.8) is 0 Å². The number of rotatable bonds is 1. The zero-order valence-electron chi connectivity index (χ0n) is 17.5. The zero-order valence-corrected chi connectivity index (χ0v) is 17.5. The van der Waals surface area contributed by atoms with Crippen LogP contribution < -0.4 is 0 Å². The van der Waals surface area contributed by atoms with Crippen molar-refractivity contribution in [3.8, 4) is 22.3 Å². The summed E-state index contributed by atoms with van der Waals surface area (Å²) in [6.07, 6.45) is 1.03. The maximum Gasteiger partial charge on any atom is 0.0728 e. The van der Waals surface area contributed by atoms with E-state index in [-0.39, 0.29) is 5.41 Å². The molecular formula is C31H22. The highest BCUT2D eigenvalue weighted by atomic mass is 14.5. The van der Waals surface area contributed by atoms with E-state index in [4.69, 9.17) is 0 Å². The van der Waals surface area contributed by atoms with E-state index in [9.17, 15) is 0 Å². The first-order valence-electron chi connectivity index (χ1n) is 11.2. The van der Waals surface area contributed by atoms with E-state index in [1.807, 2.05) is 0 Å². The van der Waals surface area contributed by atoms with Gasteiger partial charge in [0.1, 0.15) is 0 Å². The smallest absolute Gasteiger partial charge is 0.0619 e.